The van der Waals surface area contributed by atoms with Crippen molar-refractivity contribution < 1.29 is 14.3 Å². The maximum absolute atomic E-state index is 12.5. The molecule has 2 rings (SSSR count). The zero-order valence-electron chi connectivity index (χ0n) is 18.4. The number of aromatic nitrogens is 1. The number of esters is 1. The van der Waals surface area contributed by atoms with Gasteiger partial charge in [-0.2, -0.15) is 0 Å². The van der Waals surface area contributed by atoms with Crippen LogP contribution in [0.25, 0.3) is 11.1 Å². The van der Waals surface area contributed by atoms with Gasteiger partial charge in [0, 0.05) is 30.0 Å². The van der Waals surface area contributed by atoms with Crippen LogP contribution in [0.4, 0.5) is 5.69 Å². The maximum Gasteiger partial charge on any atom is 0.355 e. The van der Waals surface area contributed by atoms with E-state index in [2.05, 4.69) is 50.4 Å². The lowest BCUT2D eigenvalue weighted by Crippen LogP contribution is -2.29. The Kier molecular flexibility index (Phi) is 6.60. The normalized spacial score (nSPS) is 13.3. The molecule has 0 saturated carbocycles. The number of carbonyl (C=O) groups excluding carboxylic acids is 1. The number of carbonyl (C=O) groups is 1. The van der Waals surface area contributed by atoms with Gasteiger partial charge in [-0.15, -0.1) is 0 Å². The summed E-state index contributed by atoms with van der Waals surface area (Å²) in [4.78, 5) is 12.5. The van der Waals surface area contributed by atoms with Crippen LogP contribution in [0.3, 0.4) is 0 Å². The minimum absolute atomic E-state index is 0.0129. The molecule has 1 atom stereocenters. The van der Waals surface area contributed by atoms with Gasteiger partial charge in [-0.3, -0.25) is 0 Å². The smallest absolute Gasteiger partial charge is 0.355 e. The second-order valence-corrected chi connectivity index (χ2v) is 9.32. The standard InChI is InChI=1S/C23H34N2O3/c1-16(28-23(5,6)7)15-27-21(26)20-13-18(14-25(20)8)17-9-11-19(12-10-17)24-22(2,3)4/h9-14,16,24H,15H2,1-8H3/t16-/m0/s1. The first-order valence-corrected chi connectivity index (χ1v) is 9.74. The van der Waals surface area contributed by atoms with Crippen LogP contribution in [0.2, 0.25) is 0 Å². The molecule has 0 fully saturated rings. The summed E-state index contributed by atoms with van der Waals surface area (Å²) in [7, 11) is 1.85. The Morgan fingerprint density at radius 3 is 2.21 bits per heavy atom. The minimum Gasteiger partial charge on any atom is -0.458 e. The van der Waals surface area contributed by atoms with E-state index in [0.29, 0.717) is 5.69 Å². The van der Waals surface area contributed by atoms with Crippen LogP contribution in [0.1, 0.15) is 59.0 Å². The Morgan fingerprint density at radius 2 is 1.68 bits per heavy atom. The number of hydrogen-bond acceptors (Lipinski definition) is 4. The van der Waals surface area contributed by atoms with Crippen LogP contribution in [0.5, 0.6) is 0 Å². The molecule has 1 heterocycles. The molecule has 1 N–H and O–H groups in total. The van der Waals surface area contributed by atoms with Crippen molar-refractivity contribution in [2.75, 3.05) is 11.9 Å². The fraction of sp³-hybridized carbons (Fsp3) is 0.522. The van der Waals surface area contributed by atoms with Crippen molar-refractivity contribution in [1.29, 1.82) is 0 Å². The molecule has 1 aromatic heterocycles. The van der Waals surface area contributed by atoms with E-state index in [-0.39, 0.29) is 29.8 Å². The van der Waals surface area contributed by atoms with Crippen molar-refractivity contribution in [3.8, 4) is 11.1 Å². The lowest BCUT2D eigenvalue weighted by atomic mass is 10.1. The number of nitrogens with one attached hydrogen (secondary N) is 1. The zero-order chi connectivity index (χ0) is 21.1. The van der Waals surface area contributed by atoms with E-state index in [1.165, 1.54) is 0 Å². The van der Waals surface area contributed by atoms with E-state index in [1.54, 1.807) is 4.57 Å². The Labute approximate surface area is 169 Å². The third kappa shape index (κ3) is 6.71. The Balaban J connectivity index is 2.05. The van der Waals surface area contributed by atoms with Gasteiger partial charge < -0.3 is 19.4 Å². The summed E-state index contributed by atoms with van der Waals surface area (Å²) in [5.74, 6) is -0.343. The Morgan fingerprint density at radius 1 is 1.07 bits per heavy atom. The van der Waals surface area contributed by atoms with E-state index in [9.17, 15) is 4.79 Å². The highest BCUT2D eigenvalue weighted by Crippen LogP contribution is 2.25. The fourth-order valence-corrected chi connectivity index (χ4v) is 3.01. The SMILES string of the molecule is C[C@@H](COC(=O)c1cc(-c2ccc(NC(C)(C)C)cc2)cn1C)OC(C)(C)C. The molecule has 0 amide bonds. The number of ether oxygens (including phenoxy) is 2. The molecule has 0 aliphatic heterocycles. The third-order valence-corrected chi connectivity index (χ3v) is 3.96. The maximum atomic E-state index is 12.5. The van der Waals surface area contributed by atoms with Gasteiger partial charge in [0.1, 0.15) is 12.3 Å². The average Bonchev–Trinajstić information content (AvgIpc) is 2.92. The van der Waals surface area contributed by atoms with Gasteiger partial charge in [0.15, 0.2) is 0 Å². The molecule has 0 aliphatic carbocycles. The highest BCUT2D eigenvalue weighted by Gasteiger charge is 2.19. The van der Waals surface area contributed by atoms with E-state index in [0.717, 1.165) is 16.8 Å². The largest absolute Gasteiger partial charge is 0.458 e. The number of rotatable bonds is 6. The molecule has 0 unspecified atom stereocenters. The highest BCUT2D eigenvalue weighted by atomic mass is 16.6. The number of hydrogen-bond donors (Lipinski definition) is 1. The van der Waals surface area contributed by atoms with Crippen LogP contribution in [0, 0.1) is 0 Å². The second-order valence-electron chi connectivity index (χ2n) is 9.32. The van der Waals surface area contributed by atoms with Crippen LogP contribution in [-0.2, 0) is 16.5 Å². The van der Waals surface area contributed by atoms with E-state index >= 15 is 0 Å². The number of benzene rings is 1. The van der Waals surface area contributed by atoms with Crippen molar-refractivity contribution >= 4 is 11.7 Å². The Bertz CT molecular complexity index is 793. The first-order chi connectivity index (χ1) is 12.8. The van der Waals surface area contributed by atoms with Gasteiger partial charge in [0.2, 0.25) is 0 Å². The second kappa shape index (κ2) is 8.39. The first kappa shape index (κ1) is 22.0. The van der Waals surface area contributed by atoms with Gasteiger partial charge in [-0.25, -0.2) is 4.79 Å². The van der Waals surface area contributed by atoms with Crippen molar-refractivity contribution in [1.82, 2.24) is 4.57 Å². The van der Waals surface area contributed by atoms with Crippen LogP contribution >= 0.6 is 0 Å². The van der Waals surface area contributed by atoms with Gasteiger partial charge in [-0.1, -0.05) is 12.1 Å². The molecule has 154 valence electrons. The van der Waals surface area contributed by atoms with E-state index in [1.807, 2.05) is 47.0 Å². The minimum atomic E-state index is -0.343. The molecule has 28 heavy (non-hydrogen) atoms. The number of nitrogens with zero attached hydrogens (tertiary/aromatic N) is 1. The third-order valence-electron chi connectivity index (χ3n) is 3.96. The molecule has 0 bridgehead atoms. The van der Waals surface area contributed by atoms with Crippen LogP contribution in [0.15, 0.2) is 36.5 Å². The summed E-state index contributed by atoms with van der Waals surface area (Å²) in [6.07, 6.45) is 1.78. The lowest BCUT2D eigenvalue weighted by molar-refractivity contribution is -0.0755. The molecular weight excluding hydrogens is 352 g/mol. The first-order valence-electron chi connectivity index (χ1n) is 9.74. The average molecular weight is 387 g/mol. The summed E-state index contributed by atoms with van der Waals surface area (Å²) < 4.78 is 13.0. The molecule has 5 heteroatoms. The van der Waals surface area contributed by atoms with Crippen molar-refractivity contribution in [3.63, 3.8) is 0 Å². The molecular formula is C23H34N2O3. The molecule has 0 aliphatic rings. The summed E-state index contributed by atoms with van der Waals surface area (Å²) in [5, 5.41) is 3.45. The number of aryl methyl sites for hydroxylation is 1. The van der Waals surface area contributed by atoms with Gasteiger partial charge in [0.05, 0.1) is 11.7 Å². The van der Waals surface area contributed by atoms with Crippen molar-refractivity contribution in [2.24, 2.45) is 7.05 Å². The monoisotopic (exact) mass is 386 g/mol. The fourth-order valence-electron chi connectivity index (χ4n) is 3.01. The molecule has 0 spiro atoms. The van der Waals surface area contributed by atoms with Crippen molar-refractivity contribution in [2.45, 2.75) is 65.7 Å². The van der Waals surface area contributed by atoms with Gasteiger partial charge in [0.25, 0.3) is 0 Å². The molecule has 1 aromatic carbocycles. The predicted octanol–water partition coefficient (Wildman–Crippen LogP) is 5.26. The molecule has 5 nitrogen and oxygen atoms in total. The van der Waals surface area contributed by atoms with Crippen LogP contribution < -0.4 is 5.32 Å². The summed E-state index contributed by atoms with van der Waals surface area (Å²) in [5.41, 5.74) is 3.38. The summed E-state index contributed by atoms with van der Waals surface area (Å²) in [6, 6.07) is 10.1. The van der Waals surface area contributed by atoms with Gasteiger partial charge in [-0.05, 0) is 72.2 Å². The predicted molar refractivity (Wildman–Crippen MR) is 115 cm³/mol. The van der Waals surface area contributed by atoms with Crippen molar-refractivity contribution in [3.05, 3.63) is 42.2 Å². The lowest BCUT2D eigenvalue weighted by Gasteiger charge is -2.24. The summed E-state index contributed by atoms with van der Waals surface area (Å²) in [6.45, 7) is 14.5. The molecule has 0 saturated heterocycles. The van der Waals surface area contributed by atoms with Gasteiger partial charge >= 0.3 is 5.97 Å². The van der Waals surface area contributed by atoms with Crippen LogP contribution in [-0.4, -0.2) is 34.4 Å². The Hall–Kier alpha value is -2.27. The highest BCUT2D eigenvalue weighted by molar-refractivity contribution is 5.90. The topological polar surface area (TPSA) is 52.5 Å². The number of anilines is 1. The summed E-state index contributed by atoms with van der Waals surface area (Å²) >= 11 is 0. The van der Waals surface area contributed by atoms with E-state index in [4.69, 9.17) is 9.47 Å². The zero-order valence-corrected chi connectivity index (χ0v) is 18.4. The van der Waals surface area contributed by atoms with E-state index < -0.39 is 0 Å². The quantitative estimate of drug-likeness (QED) is 0.688. The molecule has 2 aromatic rings. The molecule has 0 radical (unpaired) electrons.